The van der Waals surface area contributed by atoms with Gasteiger partial charge in [0, 0.05) is 11.5 Å². The van der Waals surface area contributed by atoms with Crippen molar-refractivity contribution in [1.29, 1.82) is 0 Å². The van der Waals surface area contributed by atoms with Gasteiger partial charge in [-0.2, -0.15) is 0 Å². The van der Waals surface area contributed by atoms with Gasteiger partial charge in [0.1, 0.15) is 11.5 Å². The highest BCUT2D eigenvalue weighted by molar-refractivity contribution is 5.85. The monoisotopic (exact) mass is 316 g/mol. The van der Waals surface area contributed by atoms with Crippen LogP contribution in [0.25, 0.3) is 0 Å². The van der Waals surface area contributed by atoms with Crippen LogP contribution in [0, 0.1) is 0 Å². The molecule has 2 atom stereocenters. The van der Waals surface area contributed by atoms with E-state index in [4.69, 9.17) is 4.74 Å². The zero-order valence-electron chi connectivity index (χ0n) is 12.9. The molecule has 0 amide bonds. The summed E-state index contributed by atoms with van der Waals surface area (Å²) in [4.78, 5) is 12.7. The number of rotatable bonds is 2. The van der Waals surface area contributed by atoms with Crippen molar-refractivity contribution in [3.05, 3.63) is 95.6 Å². The smallest absolute Gasteiger partial charge is 0.319 e. The number of benzene rings is 3. The third-order valence-corrected chi connectivity index (χ3v) is 4.46. The quantitative estimate of drug-likeness (QED) is 0.568. The average Bonchev–Trinajstić information content (AvgIpc) is 2.62. The first-order chi connectivity index (χ1) is 11.7. The van der Waals surface area contributed by atoms with E-state index in [0.717, 1.165) is 16.7 Å². The van der Waals surface area contributed by atoms with Crippen molar-refractivity contribution in [3.8, 4) is 11.5 Å². The van der Waals surface area contributed by atoms with Crippen molar-refractivity contribution < 1.29 is 14.6 Å². The molecule has 1 heterocycles. The molecule has 1 aliphatic heterocycles. The van der Waals surface area contributed by atoms with Gasteiger partial charge in [0.2, 0.25) is 0 Å². The molecule has 0 bridgehead atoms. The maximum absolute atomic E-state index is 12.7. The summed E-state index contributed by atoms with van der Waals surface area (Å²) in [6, 6.07) is 24.4. The predicted octanol–water partition coefficient (Wildman–Crippen LogP) is 4.23. The summed E-state index contributed by atoms with van der Waals surface area (Å²) >= 11 is 0. The zero-order valence-corrected chi connectivity index (χ0v) is 12.9. The van der Waals surface area contributed by atoms with Crippen molar-refractivity contribution in [2.75, 3.05) is 0 Å². The highest BCUT2D eigenvalue weighted by Gasteiger charge is 2.39. The maximum Gasteiger partial charge on any atom is 0.319 e. The molecule has 0 saturated heterocycles. The van der Waals surface area contributed by atoms with Crippen LogP contribution in [0.2, 0.25) is 0 Å². The first kappa shape index (κ1) is 14.5. The highest BCUT2D eigenvalue weighted by atomic mass is 16.5. The van der Waals surface area contributed by atoms with Crippen molar-refractivity contribution in [2.45, 2.75) is 11.8 Å². The summed E-state index contributed by atoms with van der Waals surface area (Å²) in [5.41, 5.74) is 2.89. The number of aromatic hydroxyl groups is 1. The molecular formula is C21H16O3. The second-order valence-corrected chi connectivity index (χ2v) is 5.92. The van der Waals surface area contributed by atoms with Crippen LogP contribution in [-0.2, 0) is 4.79 Å². The molecule has 1 N–H and O–H groups in total. The summed E-state index contributed by atoms with van der Waals surface area (Å²) in [7, 11) is 0. The molecule has 2 unspecified atom stereocenters. The molecule has 0 aromatic heterocycles. The van der Waals surface area contributed by atoms with E-state index in [2.05, 4.69) is 0 Å². The molecule has 1 aliphatic rings. The summed E-state index contributed by atoms with van der Waals surface area (Å²) in [5.74, 6) is 0.00325. The van der Waals surface area contributed by atoms with Crippen LogP contribution >= 0.6 is 0 Å². The molecule has 0 radical (unpaired) electrons. The summed E-state index contributed by atoms with van der Waals surface area (Å²) in [5, 5.41) is 9.59. The summed E-state index contributed by atoms with van der Waals surface area (Å²) in [6.07, 6.45) is 0. The van der Waals surface area contributed by atoms with Crippen LogP contribution in [0.3, 0.4) is 0 Å². The van der Waals surface area contributed by atoms with Crippen LogP contribution in [0.15, 0.2) is 78.9 Å². The van der Waals surface area contributed by atoms with Crippen LogP contribution in [0.1, 0.15) is 28.5 Å². The number of esters is 1. The lowest BCUT2D eigenvalue weighted by Crippen LogP contribution is -2.30. The van der Waals surface area contributed by atoms with Gasteiger partial charge in [-0.3, -0.25) is 4.79 Å². The number of hydrogen-bond donors (Lipinski definition) is 1. The first-order valence-electron chi connectivity index (χ1n) is 7.88. The van der Waals surface area contributed by atoms with Gasteiger partial charge in [-0.15, -0.1) is 0 Å². The molecule has 24 heavy (non-hydrogen) atoms. The fraction of sp³-hybridized carbons (Fsp3) is 0.0952. The van der Waals surface area contributed by atoms with Crippen LogP contribution < -0.4 is 4.74 Å². The third-order valence-electron chi connectivity index (χ3n) is 4.46. The molecule has 0 fully saturated rings. The van der Waals surface area contributed by atoms with Crippen LogP contribution in [0.4, 0.5) is 0 Å². The van der Waals surface area contributed by atoms with E-state index in [-0.39, 0.29) is 17.6 Å². The Morgan fingerprint density at radius 3 is 2.08 bits per heavy atom. The van der Waals surface area contributed by atoms with Gasteiger partial charge in [-0.05, 0) is 29.3 Å². The molecule has 3 aromatic rings. The molecule has 118 valence electrons. The average molecular weight is 316 g/mol. The number of para-hydroxylation sites is 1. The molecule has 3 aromatic carbocycles. The maximum atomic E-state index is 12.7. The Labute approximate surface area is 140 Å². The molecule has 0 aliphatic carbocycles. The van der Waals surface area contributed by atoms with Crippen molar-refractivity contribution in [2.24, 2.45) is 0 Å². The second kappa shape index (κ2) is 5.85. The third kappa shape index (κ3) is 2.44. The fourth-order valence-electron chi connectivity index (χ4n) is 3.36. The second-order valence-electron chi connectivity index (χ2n) is 5.92. The van der Waals surface area contributed by atoms with Gasteiger partial charge in [-0.25, -0.2) is 0 Å². The van der Waals surface area contributed by atoms with Crippen molar-refractivity contribution >= 4 is 5.97 Å². The van der Waals surface area contributed by atoms with E-state index < -0.39 is 5.92 Å². The van der Waals surface area contributed by atoms with Crippen molar-refractivity contribution in [1.82, 2.24) is 0 Å². The lowest BCUT2D eigenvalue weighted by Gasteiger charge is -2.32. The number of carbonyl (C=O) groups is 1. The number of phenols is 1. The number of hydrogen-bond acceptors (Lipinski definition) is 3. The number of phenolic OH excluding ortho intramolecular Hbond substituents is 1. The van der Waals surface area contributed by atoms with Crippen LogP contribution in [-0.4, -0.2) is 11.1 Å². The van der Waals surface area contributed by atoms with Crippen LogP contribution in [0.5, 0.6) is 11.5 Å². The Kier molecular flexibility index (Phi) is 3.54. The van der Waals surface area contributed by atoms with E-state index in [1.54, 1.807) is 12.1 Å². The molecule has 0 saturated carbocycles. The Morgan fingerprint density at radius 1 is 0.708 bits per heavy atom. The topological polar surface area (TPSA) is 46.5 Å². The molecular weight excluding hydrogens is 300 g/mol. The Bertz CT molecular complexity index is 869. The van der Waals surface area contributed by atoms with E-state index in [0.29, 0.717) is 5.75 Å². The summed E-state index contributed by atoms with van der Waals surface area (Å²) < 4.78 is 5.59. The van der Waals surface area contributed by atoms with Gasteiger partial charge in [0.25, 0.3) is 0 Å². The minimum Gasteiger partial charge on any atom is -0.508 e. The largest absolute Gasteiger partial charge is 0.508 e. The predicted molar refractivity (Wildman–Crippen MR) is 91.2 cm³/mol. The SMILES string of the molecule is O=C1Oc2ccccc2C(c2ccc(O)cc2)C1c1ccccc1. The molecule has 4 rings (SSSR count). The van der Waals surface area contributed by atoms with E-state index in [1.807, 2.05) is 66.7 Å². The van der Waals surface area contributed by atoms with E-state index >= 15 is 0 Å². The molecule has 0 spiro atoms. The fourth-order valence-corrected chi connectivity index (χ4v) is 3.36. The molecule has 3 heteroatoms. The lowest BCUT2D eigenvalue weighted by molar-refractivity contribution is -0.137. The number of ether oxygens (including phenoxy) is 1. The van der Waals surface area contributed by atoms with Gasteiger partial charge in [0.05, 0.1) is 5.92 Å². The van der Waals surface area contributed by atoms with E-state index in [9.17, 15) is 9.90 Å². The summed E-state index contributed by atoms with van der Waals surface area (Å²) in [6.45, 7) is 0. The van der Waals surface area contributed by atoms with Gasteiger partial charge in [0.15, 0.2) is 0 Å². The van der Waals surface area contributed by atoms with Gasteiger partial charge >= 0.3 is 5.97 Å². The highest BCUT2D eigenvalue weighted by Crippen LogP contribution is 2.46. The minimum atomic E-state index is -0.411. The Morgan fingerprint density at radius 2 is 1.33 bits per heavy atom. The first-order valence-corrected chi connectivity index (χ1v) is 7.88. The van der Waals surface area contributed by atoms with Crippen molar-refractivity contribution in [3.63, 3.8) is 0 Å². The standard InChI is InChI=1S/C21H16O3/c22-16-12-10-15(11-13-16)19-17-8-4-5-9-18(17)24-21(23)20(19)14-6-2-1-3-7-14/h1-13,19-20,22H. The minimum absolute atomic E-state index is 0.148. The Hall–Kier alpha value is -3.07. The van der Waals surface area contributed by atoms with Gasteiger partial charge < -0.3 is 9.84 Å². The van der Waals surface area contributed by atoms with Gasteiger partial charge in [-0.1, -0.05) is 60.7 Å². The van der Waals surface area contributed by atoms with E-state index in [1.165, 1.54) is 0 Å². The molecule has 3 nitrogen and oxygen atoms in total. The normalized spacial score (nSPS) is 19.4. The lowest BCUT2D eigenvalue weighted by atomic mass is 9.75. The number of fused-ring (bicyclic) bond motifs is 1. The zero-order chi connectivity index (χ0) is 16.5. The number of carbonyl (C=O) groups excluding carboxylic acids is 1. The Balaban J connectivity index is 1.91.